The van der Waals surface area contributed by atoms with Crippen LogP contribution in [-0.2, 0) is 6.54 Å². The Morgan fingerprint density at radius 3 is 2.50 bits per heavy atom. The number of primary amides is 1. The Labute approximate surface area is 225 Å². The number of hydrogen-bond donors (Lipinski definition) is 4. The van der Waals surface area contributed by atoms with Gasteiger partial charge in [-0.05, 0) is 49.0 Å². The van der Waals surface area contributed by atoms with Crippen LogP contribution in [0, 0.1) is 5.41 Å². The van der Waals surface area contributed by atoms with Gasteiger partial charge in [0.05, 0.1) is 22.9 Å². The summed E-state index contributed by atoms with van der Waals surface area (Å²) in [6.07, 6.45) is 4.05. The fourth-order valence-corrected chi connectivity index (χ4v) is 5.42. The van der Waals surface area contributed by atoms with Crippen LogP contribution in [0.5, 0.6) is 5.75 Å². The minimum atomic E-state index is -0.778. The molecule has 0 saturated carbocycles. The molecule has 5 N–H and O–H groups in total. The summed E-state index contributed by atoms with van der Waals surface area (Å²) in [6, 6.07) is 15.3. The molecular formula is C28H32N6O3S. The molecule has 0 spiro atoms. The molecule has 9 nitrogen and oxygen atoms in total. The van der Waals surface area contributed by atoms with Crippen molar-refractivity contribution < 1.29 is 9.53 Å². The third-order valence-corrected chi connectivity index (χ3v) is 7.39. The average Bonchev–Trinajstić information content (AvgIpc) is 3.30. The number of benzene rings is 2. The van der Waals surface area contributed by atoms with Gasteiger partial charge in [-0.1, -0.05) is 24.3 Å². The van der Waals surface area contributed by atoms with Crippen molar-refractivity contribution >= 4 is 50.4 Å². The van der Waals surface area contributed by atoms with Gasteiger partial charge in [0.15, 0.2) is 0 Å². The van der Waals surface area contributed by atoms with E-state index in [0.717, 1.165) is 40.8 Å². The fraction of sp³-hybridized carbons (Fsp3) is 0.250. The van der Waals surface area contributed by atoms with E-state index in [1.54, 1.807) is 7.11 Å². The first-order chi connectivity index (χ1) is 18.4. The molecule has 4 aromatic rings. The van der Waals surface area contributed by atoms with Gasteiger partial charge in [-0.15, -0.1) is 11.3 Å². The van der Waals surface area contributed by atoms with Crippen LogP contribution in [-0.4, -0.2) is 61.8 Å². The minimum Gasteiger partial charge on any atom is -0.497 e. The van der Waals surface area contributed by atoms with Gasteiger partial charge in [0.25, 0.3) is 5.91 Å². The highest BCUT2D eigenvalue weighted by molar-refractivity contribution is 7.24. The number of piperazine rings is 1. The number of amides is 1. The first-order valence-electron chi connectivity index (χ1n) is 12.3. The first-order valence-corrected chi connectivity index (χ1v) is 13.1. The number of aromatic nitrogens is 1. The van der Waals surface area contributed by atoms with Gasteiger partial charge in [0.1, 0.15) is 22.0 Å². The Morgan fingerprint density at radius 2 is 1.89 bits per heavy atom. The molecule has 0 unspecified atom stereocenters. The lowest BCUT2D eigenvalue weighted by atomic mass is 10.1. The van der Waals surface area contributed by atoms with Crippen molar-refractivity contribution in [1.29, 1.82) is 5.41 Å². The second-order valence-electron chi connectivity index (χ2n) is 8.82. The predicted molar refractivity (Wildman–Crippen MR) is 156 cm³/mol. The van der Waals surface area contributed by atoms with E-state index >= 15 is 0 Å². The van der Waals surface area contributed by atoms with Gasteiger partial charge in [0.2, 0.25) is 5.43 Å². The van der Waals surface area contributed by atoms with Crippen LogP contribution in [0.15, 0.2) is 59.4 Å². The number of rotatable bonds is 7. The van der Waals surface area contributed by atoms with E-state index < -0.39 is 11.3 Å². The summed E-state index contributed by atoms with van der Waals surface area (Å²) in [7, 11) is 3.77. The van der Waals surface area contributed by atoms with Crippen LogP contribution in [0.2, 0.25) is 0 Å². The van der Waals surface area contributed by atoms with Crippen molar-refractivity contribution in [2.24, 2.45) is 5.73 Å². The monoisotopic (exact) mass is 532 g/mol. The van der Waals surface area contributed by atoms with Gasteiger partial charge in [-0.2, -0.15) is 0 Å². The van der Waals surface area contributed by atoms with Gasteiger partial charge >= 0.3 is 0 Å². The Balaban J connectivity index is 0.000000417. The molecule has 0 atom stereocenters. The summed E-state index contributed by atoms with van der Waals surface area (Å²) >= 11 is 1.34. The zero-order valence-electron chi connectivity index (χ0n) is 21.5. The summed E-state index contributed by atoms with van der Waals surface area (Å²) in [5.41, 5.74) is 7.19. The summed E-state index contributed by atoms with van der Waals surface area (Å²) < 4.78 is 7.98. The third-order valence-electron chi connectivity index (χ3n) is 6.25. The lowest BCUT2D eigenvalue weighted by Crippen LogP contribution is -2.40. The molecule has 0 radical (unpaired) electrons. The van der Waals surface area contributed by atoms with Crippen molar-refractivity contribution in [3.05, 3.63) is 81.5 Å². The maximum atomic E-state index is 13.2. The highest BCUT2D eigenvalue weighted by Crippen LogP contribution is 2.32. The number of para-hydroxylation sites is 1. The molecule has 10 heteroatoms. The van der Waals surface area contributed by atoms with Crippen molar-refractivity contribution in [3.63, 3.8) is 0 Å². The van der Waals surface area contributed by atoms with E-state index in [4.69, 9.17) is 15.9 Å². The first kappa shape index (κ1) is 27.1. The Kier molecular flexibility index (Phi) is 8.90. The molecule has 3 heterocycles. The Morgan fingerprint density at radius 1 is 1.18 bits per heavy atom. The normalized spacial score (nSPS) is 13.8. The SMILES string of the molecule is CN1CCNCC1.COc1ccc(CNc2c(/C=C\C=N)c(=O)c(C(N)=O)c3sc4ccccc4n23)cc1. The molecule has 1 saturated heterocycles. The number of pyridine rings is 1. The molecule has 1 fully saturated rings. The Bertz CT molecular complexity index is 1520. The molecule has 1 aliphatic rings. The number of anilines is 1. The number of likely N-dealkylation sites (N-methyl/N-ethyl adjacent to an activating group) is 1. The number of ether oxygens (including phenoxy) is 1. The van der Waals surface area contributed by atoms with E-state index in [-0.39, 0.29) is 11.1 Å². The van der Waals surface area contributed by atoms with E-state index in [0.29, 0.717) is 17.2 Å². The van der Waals surface area contributed by atoms with E-state index in [1.165, 1.54) is 36.6 Å². The highest BCUT2D eigenvalue weighted by Gasteiger charge is 2.22. The van der Waals surface area contributed by atoms with E-state index in [2.05, 4.69) is 22.6 Å². The topological polar surface area (TPSA) is 125 Å². The molecule has 38 heavy (non-hydrogen) atoms. The van der Waals surface area contributed by atoms with Gasteiger partial charge in [0, 0.05) is 38.9 Å². The second-order valence-corrected chi connectivity index (χ2v) is 9.85. The largest absolute Gasteiger partial charge is 0.497 e. The van der Waals surface area contributed by atoms with Crippen molar-refractivity contribution in [2.75, 3.05) is 45.7 Å². The Hall–Kier alpha value is -3.99. The zero-order valence-corrected chi connectivity index (χ0v) is 22.3. The van der Waals surface area contributed by atoms with Crippen molar-refractivity contribution in [1.82, 2.24) is 14.6 Å². The third kappa shape index (κ3) is 5.94. The molecule has 0 aliphatic carbocycles. The standard InChI is InChI=1S/C23H20N4O3S.C5H12N2/c1-30-15-10-8-14(9-11-15)13-26-22-16(5-4-12-24)20(28)19(21(25)29)23-27(22)17-6-2-3-7-18(17)31-23;1-7-4-2-6-3-5-7/h2-12,24,26H,13H2,1H3,(H2,25,29);6H,2-5H2,1H3/b5-4-,24-12?;. The highest BCUT2D eigenvalue weighted by atomic mass is 32.1. The van der Waals surface area contributed by atoms with E-state index in [9.17, 15) is 9.59 Å². The lowest BCUT2D eigenvalue weighted by Gasteiger charge is -2.21. The lowest BCUT2D eigenvalue weighted by molar-refractivity contribution is 0.100. The molecule has 2 aromatic carbocycles. The number of nitrogens with one attached hydrogen (secondary N) is 3. The quantitative estimate of drug-likeness (QED) is 0.270. The molecular weight excluding hydrogens is 500 g/mol. The van der Waals surface area contributed by atoms with Gasteiger partial charge < -0.3 is 31.4 Å². The van der Waals surface area contributed by atoms with Crippen LogP contribution < -0.4 is 26.5 Å². The number of methoxy groups -OCH3 is 1. The number of thiazole rings is 1. The van der Waals surface area contributed by atoms with Crippen LogP contribution in [0.4, 0.5) is 5.82 Å². The number of carbonyl (C=O) groups is 1. The fourth-order valence-electron chi connectivity index (χ4n) is 4.23. The smallest absolute Gasteiger partial charge is 0.255 e. The van der Waals surface area contributed by atoms with Crippen molar-refractivity contribution in [2.45, 2.75) is 6.54 Å². The van der Waals surface area contributed by atoms with Gasteiger partial charge in [-0.3, -0.25) is 14.0 Å². The number of allylic oxidation sites excluding steroid dienone is 1. The molecule has 0 bridgehead atoms. The van der Waals surface area contributed by atoms with Crippen LogP contribution >= 0.6 is 11.3 Å². The second kappa shape index (κ2) is 12.5. The summed E-state index contributed by atoms with van der Waals surface area (Å²) in [4.78, 5) is 28.3. The molecule has 1 aliphatic heterocycles. The summed E-state index contributed by atoms with van der Waals surface area (Å²) in [5, 5.41) is 14.0. The maximum Gasteiger partial charge on any atom is 0.255 e. The van der Waals surface area contributed by atoms with E-state index in [1.807, 2.05) is 52.9 Å². The van der Waals surface area contributed by atoms with Crippen LogP contribution in [0.3, 0.4) is 0 Å². The minimum absolute atomic E-state index is 0.0548. The molecule has 2 aromatic heterocycles. The average molecular weight is 533 g/mol. The number of fused-ring (bicyclic) bond motifs is 3. The van der Waals surface area contributed by atoms with Crippen LogP contribution in [0.25, 0.3) is 21.1 Å². The predicted octanol–water partition coefficient (Wildman–Crippen LogP) is 3.42. The van der Waals surface area contributed by atoms with Gasteiger partial charge in [-0.25, -0.2) is 0 Å². The van der Waals surface area contributed by atoms with Crippen molar-refractivity contribution in [3.8, 4) is 5.75 Å². The number of carbonyl (C=O) groups excluding carboxylic acids is 1. The zero-order chi connectivity index (χ0) is 27.1. The number of nitrogens with two attached hydrogens (primary N) is 1. The summed E-state index contributed by atoms with van der Waals surface area (Å²) in [6.45, 7) is 5.18. The molecule has 198 valence electrons. The number of hydrogen-bond acceptors (Lipinski definition) is 8. The number of nitrogens with zero attached hydrogens (tertiary/aromatic N) is 2. The molecule has 5 rings (SSSR count). The molecule has 1 amide bonds. The maximum absolute atomic E-state index is 13.2. The summed E-state index contributed by atoms with van der Waals surface area (Å²) in [5.74, 6) is 0.517. The van der Waals surface area contributed by atoms with Crippen LogP contribution in [0.1, 0.15) is 21.5 Å².